The molecule has 0 amide bonds. The fourth-order valence-electron chi connectivity index (χ4n) is 1.28. The third-order valence-corrected chi connectivity index (χ3v) is 4.02. The van der Waals surface area contributed by atoms with Crippen molar-refractivity contribution >= 4 is 24.9 Å². The number of hydrogen-bond acceptors (Lipinski definition) is 8. The summed E-state index contributed by atoms with van der Waals surface area (Å²) in [6.45, 7) is 4.68. The zero-order chi connectivity index (χ0) is 15.2. The van der Waals surface area contributed by atoms with E-state index in [0.29, 0.717) is 18.8 Å². The molecule has 0 radical (unpaired) electrons. The number of hydrogen-bond donors (Lipinski definition) is 1. The highest BCUT2D eigenvalue weighted by Crippen LogP contribution is 2.49. The molecule has 112 valence electrons. The van der Waals surface area contributed by atoms with Crippen molar-refractivity contribution in [2.75, 3.05) is 6.61 Å². The van der Waals surface area contributed by atoms with Crippen molar-refractivity contribution in [1.82, 2.24) is 9.97 Å². The van der Waals surface area contributed by atoms with Gasteiger partial charge in [-0.25, -0.2) is 4.98 Å². The van der Waals surface area contributed by atoms with Crippen molar-refractivity contribution in [3.8, 4) is 5.88 Å². The maximum Gasteiger partial charge on any atom is 0.420 e. The molecule has 9 heteroatoms. The van der Waals surface area contributed by atoms with Gasteiger partial charge in [-0.2, -0.15) is 4.98 Å². The Bertz CT molecular complexity index is 512. The number of aromatic nitrogens is 2. The summed E-state index contributed by atoms with van der Waals surface area (Å²) >= 11 is 5.16. The highest BCUT2D eigenvalue weighted by Gasteiger charge is 2.25. The summed E-state index contributed by atoms with van der Waals surface area (Å²) in [5.74, 6) is 1.07. The molecule has 20 heavy (non-hydrogen) atoms. The summed E-state index contributed by atoms with van der Waals surface area (Å²) in [5, 5.41) is 6.78. The van der Waals surface area contributed by atoms with Crippen LogP contribution in [0.5, 0.6) is 5.88 Å². The molecule has 0 aliphatic rings. The van der Waals surface area contributed by atoms with Crippen LogP contribution in [0.25, 0.3) is 0 Å². The van der Waals surface area contributed by atoms with Gasteiger partial charge in [0.2, 0.25) is 12.3 Å². The molecule has 0 saturated heterocycles. The number of aryl methyl sites for hydroxylation is 1. The summed E-state index contributed by atoms with van der Waals surface area (Å²) in [7, 11) is 0. The molecule has 7 nitrogen and oxygen atoms in total. The van der Waals surface area contributed by atoms with E-state index >= 15 is 0 Å². The van der Waals surface area contributed by atoms with Gasteiger partial charge in [-0.05, 0) is 13.8 Å². The smallest absolute Gasteiger partial charge is 0.404 e. The van der Waals surface area contributed by atoms with E-state index in [1.54, 1.807) is 13.0 Å². The Morgan fingerprint density at radius 1 is 1.45 bits per heavy atom. The third kappa shape index (κ3) is 5.13. The summed E-state index contributed by atoms with van der Waals surface area (Å²) in [5.41, 5.74) is 0.754. The van der Waals surface area contributed by atoms with Crippen LogP contribution in [0, 0.1) is 12.3 Å². The van der Waals surface area contributed by atoms with Gasteiger partial charge in [-0.3, -0.25) is 9.93 Å². The second-order valence-electron chi connectivity index (χ2n) is 4.11. The van der Waals surface area contributed by atoms with E-state index in [0.717, 1.165) is 5.69 Å². The first-order chi connectivity index (χ1) is 9.40. The zero-order valence-electron chi connectivity index (χ0n) is 11.8. The number of rotatable bonds is 8. The predicted molar refractivity (Wildman–Crippen MR) is 78.4 cm³/mol. The Morgan fingerprint density at radius 3 is 2.70 bits per heavy atom. The van der Waals surface area contributed by atoms with E-state index in [2.05, 4.69) is 14.9 Å². The van der Waals surface area contributed by atoms with Crippen LogP contribution in [0.3, 0.4) is 0 Å². The van der Waals surface area contributed by atoms with Crippen LogP contribution in [0.4, 0.5) is 0 Å². The van der Waals surface area contributed by atoms with Crippen LogP contribution >= 0.6 is 6.72 Å². The van der Waals surface area contributed by atoms with E-state index in [4.69, 9.17) is 30.9 Å². The fourth-order valence-corrected chi connectivity index (χ4v) is 2.84. The molecule has 1 unspecified atom stereocenters. The molecule has 0 fully saturated rings. The molecular formula is C11H18N3O4PS. The van der Waals surface area contributed by atoms with Gasteiger partial charge < -0.3 is 9.41 Å². The Hall–Kier alpha value is -1.08. The van der Waals surface area contributed by atoms with Crippen LogP contribution < -0.4 is 4.52 Å². The first kappa shape index (κ1) is 17.0. The second-order valence-corrected chi connectivity index (χ2v) is 6.93. The largest absolute Gasteiger partial charge is 0.420 e. The van der Waals surface area contributed by atoms with E-state index in [-0.39, 0.29) is 11.8 Å². The van der Waals surface area contributed by atoms with Gasteiger partial charge in [-0.15, -0.1) is 0 Å². The van der Waals surface area contributed by atoms with E-state index in [1.165, 1.54) is 0 Å². The average Bonchev–Trinajstić information content (AvgIpc) is 2.36. The van der Waals surface area contributed by atoms with Gasteiger partial charge in [0, 0.05) is 29.5 Å². The number of nitrogens with zero attached hydrogens (tertiary/aromatic N) is 2. The molecule has 1 N–H and O–H groups in total. The molecule has 0 aliphatic heterocycles. The van der Waals surface area contributed by atoms with Crippen LogP contribution in [-0.2, 0) is 25.9 Å². The standard InChI is InChI=1S/C11H18N3O4PS/c1-5-16-19(20,18-15-7-12)17-10-6-9(4)13-11(14-10)8(2)3/h6-8,12H,5H2,1-4H3. The quantitative estimate of drug-likeness (QED) is 0.259. The summed E-state index contributed by atoms with van der Waals surface area (Å²) in [6, 6.07) is 1.64. The minimum atomic E-state index is -3.16. The first-order valence-electron chi connectivity index (χ1n) is 6.04. The second kappa shape index (κ2) is 7.64. The van der Waals surface area contributed by atoms with Crippen molar-refractivity contribution < 1.29 is 18.6 Å². The average molecular weight is 319 g/mol. The molecule has 1 aromatic rings. The molecule has 0 aliphatic carbocycles. The lowest BCUT2D eigenvalue weighted by Crippen LogP contribution is -2.06. The molecule has 0 saturated carbocycles. The van der Waals surface area contributed by atoms with Gasteiger partial charge in [0.25, 0.3) is 0 Å². The van der Waals surface area contributed by atoms with Crippen LogP contribution in [0.15, 0.2) is 6.07 Å². The topological polar surface area (TPSA) is 86.6 Å². The summed E-state index contributed by atoms with van der Waals surface area (Å²) in [6.07, 6.45) is 0.605. The van der Waals surface area contributed by atoms with Crippen LogP contribution in [-0.4, -0.2) is 23.0 Å². The molecule has 1 aromatic heterocycles. The van der Waals surface area contributed by atoms with Crippen molar-refractivity contribution in [3.63, 3.8) is 0 Å². The SMILES string of the molecule is CCOP(=S)(OOC=N)Oc1cc(C)nc(C(C)C)n1. The molecule has 0 aromatic carbocycles. The minimum absolute atomic E-state index is 0.154. The van der Waals surface area contributed by atoms with Crippen molar-refractivity contribution in [2.24, 2.45) is 0 Å². The first-order valence-corrected chi connectivity index (χ1v) is 8.59. The minimum Gasteiger partial charge on any atom is -0.404 e. The van der Waals surface area contributed by atoms with Gasteiger partial charge in [0.1, 0.15) is 5.82 Å². The lowest BCUT2D eigenvalue weighted by molar-refractivity contribution is -0.123. The molecular weight excluding hydrogens is 301 g/mol. The van der Waals surface area contributed by atoms with Gasteiger partial charge in [0.15, 0.2) is 0 Å². The lowest BCUT2D eigenvalue weighted by Gasteiger charge is -2.19. The molecule has 1 atom stereocenters. The Balaban J connectivity index is 2.98. The fraction of sp³-hybridized carbons (Fsp3) is 0.545. The zero-order valence-corrected chi connectivity index (χ0v) is 13.5. The van der Waals surface area contributed by atoms with Gasteiger partial charge in [-0.1, -0.05) is 18.5 Å². The lowest BCUT2D eigenvalue weighted by atomic mass is 10.2. The molecule has 1 rings (SSSR count). The van der Waals surface area contributed by atoms with Gasteiger partial charge >= 0.3 is 6.72 Å². The highest BCUT2D eigenvalue weighted by atomic mass is 32.5. The molecule has 1 heterocycles. The molecule has 0 spiro atoms. The predicted octanol–water partition coefficient (Wildman–Crippen LogP) is 3.10. The summed E-state index contributed by atoms with van der Waals surface area (Å²) in [4.78, 5) is 13.0. The number of nitrogens with one attached hydrogen (secondary N) is 1. The van der Waals surface area contributed by atoms with Crippen LogP contribution in [0.2, 0.25) is 0 Å². The third-order valence-electron chi connectivity index (χ3n) is 2.04. The normalized spacial score (nSPS) is 13.8. The summed E-state index contributed by atoms with van der Waals surface area (Å²) < 4.78 is 15.6. The maximum atomic E-state index is 6.78. The van der Waals surface area contributed by atoms with Crippen molar-refractivity contribution in [2.45, 2.75) is 33.6 Å². The van der Waals surface area contributed by atoms with Crippen molar-refractivity contribution in [1.29, 1.82) is 5.41 Å². The van der Waals surface area contributed by atoms with E-state index in [9.17, 15) is 0 Å². The van der Waals surface area contributed by atoms with Gasteiger partial charge in [0.05, 0.1) is 6.61 Å². The van der Waals surface area contributed by atoms with Crippen LogP contribution in [0.1, 0.15) is 38.2 Å². The Labute approximate surface area is 123 Å². The Morgan fingerprint density at radius 2 is 2.15 bits per heavy atom. The van der Waals surface area contributed by atoms with E-state index in [1.807, 2.05) is 20.8 Å². The molecule has 0 bridgehead atoms. The van der Waals surface area contributed by atoms with Crippen molar-refractivity contribution in [3.05, 3.63) is 17.6 Å². The highest BCUT2D eigenvalue weighted by molar-refractivity contribution is 8.07. The Kier molecular flexibility index (Phi) is 6.48. The maximum absolute atomic E-state index is 6.78. The monoisotopic (exact) mass is 319 g/mol. The van der Waals surface area contributed by atoms with E-state index < -0.39 is 6.72 Å².